The summed E-state index contributed by atoms with van der Waals surface area (Å²) in [7, 11) is 0. The summed E-state index contributed by atoms with van der Waals surface area (Å²) in [6.45, 7) is 2.75. The van der Waals surface area contributed by atoms with Crippen molar-refractivity contribution in [1.82, 2.24) is 9.88 Å². The molecule has 0 spiro atoms. The van der Waals surface area contributed by atoms with Crippen LogP contribution in [0.2, 0.25) is 0 Å². The zero-order chi connectivity index (χ0) is 14.1. The first-order chi connectivity index (χ1) is 9.67. The summed E-state index contributed by atoms with van der Waals surface area (Å²) in [5, 5.41) is 12.8. The number of rotatable bonds is 2. The van der Waals surface area contributed by atoms with Gasteiger partial charge in [-0.25, -0.2) is 9.78 Å². The van der Waals surface area contributed by atoms with Gasteiger partial charge in [0.05, 0.1) is 18.3 Å². The van der Waals surface area contributed by atoms with Crippen LogP contribution >= 0.6 is 11.3 Å². The van der Waals surface area contributed by atoms with Crippen molar-refractivity contribution in [3.63, 3.8) is 0 Å². The van der Waals surface area contributed by atoms with Gasteiger partial charge in [-0.15, -0.1) is 11.3 Å². The molecule has 5 nitrogen and oxygen atoms in total. The highest BCUT2D eigenvalue weighted by Gasteiger charge is 2.26. The summed E-state index contributed by atoms with van der Waals surface area (Å²) in [5.74, 6) is 0.702. The predicted molar refractivity (Wildman–Crippen MR) is 79.0 cm³/mol. The molecule has 0 saturated heterocycles. The van der Waals surface area contributed by atoms with Crippen LogP contribution in [0.4, 0.5) is 9.93 Å². The molecule has 1 aliphatic heterocycles. The van der Waals surface area contributed by atoms with Gasteiger partial charge in [-0.1, -0.05) is 19.1 Å². The lowest BCUT2D eigenvalue weighted by molar-refractivity contribution is 0.177. The highest BCUT2D eigenvalue weighted by atomic mass is 32.1. The second-order valence-corrected chi connectivity index (χ2v) is 6.58. The van der Waals surface area contributed by atoms with E-state index in [1.807, 2.05) is 12.2 Å². The molecule has 3 rings (SSSR count). The third-order valence-electron chi connectivity index (χ3n) is 3.91. The molecule has 2 amide bonds. The van der Waals surface area contributed by atoms with E-state index in [9.17, 15) is 9.90 Å². The number of hydrogen-bond donors (Lipinski definition) is 2. The Morgan fingerprint density at radius 3 is 3.30 bits per heavy atom. The fourth-order valence-corrected chi connectivity index (χ4v) is 3.88. The molecule has 6 heteroatoms. The van der Waals surface area contributed by atoms with Crippen LogP contribution in [0.1, 0.15) is 23.9 Å². The highest BCUT2D eigenvalue weighted by Crippen LogP contribution is 2.32. The summed E-state index contributed by atoms with van der Waals surface area (Å²) in [6, 6.07) is -0.405. The molecule has 1 aromatic rings. The lowest BCUT2D eigenvalue weighted by atomic mass is 9.93. The van der Waals surface area contributed by atoms with E-state index in [1.165, 1.54) is 11.3 Å². The molecule has 1 aliphatic carbocycles. The molecular formula is C14H19N3O2S. The number of carbonyl (C=O) groups excluding carboxylic acids is 1. The number of carbonyl (C=O) groups is 1. The van der Waals surface area contributed by atoms with Crippen molar-refractivity contribution in [2.45, 2.75) is 32.2 Å². The van der Waals surface area contributed by atoms with Crippen LogP contribution in [0.3, 0.4) is 0 Å². The summed E-state index contributed by atoms with van der Waals surface area (Å²) in [4.78, 5) is 19.6. The minimum absolute atomic E-state index is 0.0458. The Bertz CT molecular complexity index is 541. The molecule has 0 fully saturated rings. The number of nitrogens with zero attached hydrogens (tertiary/aromatic N) is 2. The number of fused-ring (bicyclic) bond motifs is 1. The SMILES string of the molecule is CC1CCc2nc(NC(=O)N3CC=CC3CO)sc2C1. The maximum absolute atomic E-state index is 12.2. The van der Waals surface area contributed by atoms with E-state index in [2.05, 4.69) is 17.2 Å². The van der Waals surface area contributed by atoms with Gasteiger partial charge in [0.1, 0.15) is 0 Å². The minimum Gasteiger partial charge on any atom is -0.394 e. The van der Waals surface area contributed by atoms with Crippen molar-refractivity contribution < 1.29 is 9.90 Å². The molecule has 0 bridgehead atoms. The van der Waals surface area contributed by atoms with Crippen LogP contribution in [0, 0.1) is 5.92 Å². The van der Waals surface area contributed by atoms with E-state index in [-0.39, 0.29) is 18.7 Å². The zero-order valence-electron chi connectivity index (χ0n) is 11.5. The Kier molecular flexibility index (Phi) is 3.76. The van der Waals surface area contributed by atoms with Crippen molar-refractivity contribution in [3.8, 4) is 0 Å². The van der Waals surface area contributed by atoms with E-state index in [1.54, 1.807) is 16.2 Å². The van der Waals surface area contributed by atoms with Gasteiger partial charge in [0.25, 0.3) is 0 Å². The maximum atomic E-state index is 12.2. The predicted octanol–water partition coefficient (Wildman–Crippen LogP) is 2.03. The fraction of sp³-hybridized carbons (Fsp3) is 0.571. The first-order valence-corrected chi connectivity index (χ1v) is 7.82. The largest absolute Gasteiger partial charge is 0.394 e. The molecular weight excluding hydrogens is 274 g/mol. The second kappa shape index (κ2) is 5.54. The van der Waals surface area contributed by atoms with Crippen LogP contribution in [0.5, 0.6) is 0 Å². The van der Waals surface area contributed by atoms with E-state index < -0.39 is 0 Å². The summed E-state index contributed by atoms with van der Waals surface area (Å²) in [6.07, 6.45) is 7.00. The first kappa shape index (κ1) is 13.6. The van der Waals surface area contributed by atoms with Crippen LogP contribution in [-0.4, -0.2) is 40.2 Å². The quantitative estimate of drug-likeness (QED) is 0.820. The molecule has 1 aromatic heterocycles. The smallest absolute Gasteiger partial charge is 0.324 e. The maximum Gasteiger partial charge on any atom is 0.324 e. The molecule has 0 aromatic carbocycles. The Balaban J connectivity index is 1.68. The first-order valence-electron chi connectivity index (χ1n) is 7.01. The number of aliphatic hydroxyl groups excluding tert-OH is 1. The van der Waals surface area contributed by atoms with Crippen molar-refractivity contribution in [2.24, 2.45) is 5.92 Å². The summed E-state index contributed by atoms with van der Waals surface area (Å²) >= 11 is 1.58. The van der Waals surface area contributed by atoms with Crippen LogP contribution in [0.25, 0.3) is 0 Å². The molecule has 2 unspecified atom stereocenters. The van der Waals surface area contributed by atoms with Gasteiger partial charge in [0.2, 0.25) is 0 Å². The lowest BCUT2D eigenvalue weighted by Crippen LogP contribution is -2.40. The van der Waals surface area contributed by atoms with Crippen LogP contribution < -0.4 is 5.32 Å². The van der Waals surface area contributed by atoms with Crippen LogP contribution in [-0.2, 0) is 12.8 Å². The highest BCUT2D eigenvalue weighted by molar-refractivity contribution is 7.15. The third-order valence-corrected chi connectivity index (χ3v) is 4.94. The third kappa shape index (κ3) is 2.58. The van der Waals surface area contributed by atoms with E-state index in [4.69, 9.17) is 0 Å². The number of thiazole rings is 1. The number of urea groups is 1. The number of nitrogens with one attached hydrogen (secondary N) is 1. The Morgan fingerprint density at radius 2 is 2.50 bits per heavy atom. The normalized spacial score (nSPS) is 24.8. The summed E-state index contributed by atoms with van der Waals surface area (Å²) in [5.41, 5.74) is 1.14. The van der Waals surface area contributed by atoms with E-state index in [0.29, 0.717) is 17.6 Å². The zero-order valence-corrected chi connectivity index (χ0v) is 12.3. The number of anilines is 1. The number of aromatic nitrogens is 1. The number of aliphatic hydroxyl groups is 1. The number of amides is 2. The molecule has 20 heavy (non-hydrogen) atoms. The van der Waals surface area contributed by atoms with E-state index in [0.717, 1.165) is 18.5 Å². The topological polar surface area (TPSA) is 65.5 Å². The molecule has 0 radical (unpaired) electrons. The average Bonchev–Trinajstić information content (AvgIpc) is 3.03. The van der Waals surface area contributed by atoms with Gasteiger partial charge in [-0.2, -0.15) is 0 Å². The van der Waals surface area contributed by atoms with Gasteiger partial charge < -0.3 is 10.0 Å². The van der Waals surface area contributed by atoms with Crippen molar-refractivity contribution >= 4 is 22.5 Å². The molecule has 0 saturated carbocycles. The van der Waals surface area contributed by atoms with Gasteiger partial charge >= 0.3 is 6.03 Å². The van der Waals surface area contributed by atoms with Crippen molar-refractivity contribution in [3.05, 3.63) is 22.7 Å². The Hall–Kier alpha value is -1.40. The summed E-state index contributed by atoms with van der Waals surface area (Å²) < 4.78 is 0. The van der Waals surface area contributed by atoms with Gasteiger partial charge in [-0.3, -0.25) is 5.32 Å². The monoisotopic (exact) mass is 293 g/mol. The average molecular weight is 293 g/mol. The Labute approximate surface area is 122 Å². The standard InChI is InChI=1S/C14H19N3O2S/c1-9-4-5-11-12(7-9)20-13(15-11)16-14(19)17-6-2-3-10(17)8-18/h2-3,9-10,18H,4-8H2,1H3,(H,15,16,19). The molecule has 2 heterocycles. The van der Waals surface area contributed by atoms with E-state index >= 15 is 0 Å². The number of aryl methyl sites for hydroxylation is 1. The lowest BCUT2D eigenvalue weighted by Gasteiger charge is -2.22. The van der Waals surface area contributed by atoms with Gasteiger partial charge in [0, 0.05) is 11.4 Å². The molecule has 2 atom stereocenters. The number of hydrogen-bond acceptors (Lipinski definition) is 4. The van der Waals surface area contributed by atoms with Crippen molar-refractivity contribution in [2.75, 3.05) is 18.5 Å². The fourth-order valence-electron chi connectivity index (χ4n) is 2.72. The van der Waals surface area contributed by atoms with Gasteiger partial charge in [-0.05, 0) is 25.2 Å². The second-order valence-electron chi connectivity index (χ2n) is 5.50. The minimum atomic E-state index is -0.218. The van der Waals surface area contributed by atoms with Gasteiger partial charge in [0.15, 0.2) is 5.13 Å². The van der Waals surface area contributed by atoms with Crippen LogP contribution in [0.15, 0.2) is 12.2 Å². The molecule has 108 valence electrons. The molecule has 2 N–H and O–H groups in total. The molecule has 2 aliphatic rings. The van der Waals surface area contributed by atoms with Crippen molar-refractivity contribution in [1.29, 1.82) is 0 Å². The Morgan fingerprint density at radius 1 is 1.65 bits per heavy atom.